The SMILES string of the molecule is CC(C)OCC(=O)N1CCCCCCC1. The first-order chi connectivity index (χ1) is 7.20. The highest BCUT2D eigenvalue weighted by Gasteiger charge is 2.14. The van der Waals surface area contributed by atoms with Crippen molar-refractivity contribution in [1.29, 1.82) is 0 Å². The van der Waals surface area contributed by atoms with Crippen LogP contribution < -0.4 is 0 Å². The van der Waals surface area contributed by atoms with Crippen molar-refractivity contribution < 1.29 is 9.53 Å². The molecule has 1 rings (SSSR count). The van der Waals surface area contributed by atoms with E-state index in [2.05, 4.69) is 0 Å². The van der Waals surface area contributed by atoms with Crippen molar-refractivity contribution in [2.45, 2.75) is 52.1 Å². The third kappa shape index (κ3) is 5.17. The fourth-order valence-electron chi connectivity index (χ4n) is 1.83. The Labute approximate surface area is 92.8 Å². The predicted octanol–water partition coefficient (Wildman–Crippen LogP) is 2.20. The summed E-state index contributed by atoms with van der Waals surface area (Å²) in [5.41, 5.74) is 0. The molecule has 15 heavy (non-hydrogen) atoms. The van der Waals surface area contributed by atoms with Gasteiger partial charge in [0.25, 0.3) is 0 Å². The lowest BCUT2D eigenvalue weighted by molar-refractivity contribution is -0.137. The van der Waals surface area contributed by atoms with Crippen molar-refractivity contribution in [2.24, 2.45) is 0 Å². The summed E-state index contributed by atoms with van der Waals surface area (Å²) in [6.45, 7) is 6.00. The highest BCUT2D eigenvalue weighted by atomic mass is 16.5. The summed E-state index contributed by atoms with van der Waals surface area (Å²) in [6.07, 6.45) is 6.28. The molecule has 88 valence electrons. The first-order valence-corrected chi connectivity index (χ1v) is 6.09. The lowest BCUT2D eigenvalue weighted by Crippen LogP contribution is -2.36. The highest BCUT2D eigenvalue weighted by Crippen LogP contribution is 2.10. The summed E-state index contributed by atoms with van der Waals surface area (Å²) >= 11 is 0. The zero-order valence-electron chi connectivity index (χ0n) is 10.00. The topological polar surface area (TPSA) is 29.5 Å². The predicted molar refractivity (Wildman–Crippen MR) is 60.8 cm³/mol. The van der Waals surface area contributed by atoms with Crippen molar-refractivity contribution in [3.63, 3.8) is 0 Å². The zero-order chi connectivity index (χ0) is 11.1. The van der Waals surface area contributed by atoms with E-state index in [9.17, 15) is 4.79 Å². The van der Waals surface area contributed by atoms with Gasteiger partial charge in [-0.05, 0) is 26.7 Å². The molecule has 0 saturated carbocycles. The number of hydrogen-bond donors (Lipinski definition) is 0. The molecule has 0 aromatic carbocycles. The van der Waals surface area contributed by atoms with Crippen molar-refractivity contribution in [3.8, 4) is 0 Å². The number of hydrogen-bond acceptors (Lipinski definition) is 2. The number of amides is 1. The Hall–Kier alpha value is -0.570. The van der Waals surface area contributed by atoms with Gasteiger partial charge in [-0.3, -0.25) is 4.79 Å². The van der Waals surface area contributed by atoms with E-state index in [-0.39, 0.29) is 18.6 Å². The highest BCUT2D eigenvalue weighted by molar-refractivity contribution is 5.77. The molecule has 1 amide bonds. The lowest BCUT2D eigenvalue weighted by atomic mass is 10.1. The minimum absolute atomic E-state index is 0.142. The Morgan fingerprint density at radius 3 is 2.20 bits per heavy atom. The fraction of sp³-hybridized carbons (Fsp3) is 0.917. The molecule has 0 aromatic rings. The van der Waals surface area contributed by atoms with Gasteiger partial charge in [0.1, 0.15) is 6.61 Å². The van der Waals surface area contributed by atoms with Gasteiger partial charge in [-0.25, -0.2) is 0 Å². The second-order valence-electron chi connectivity index (χ2n) is 4.51. The molecular weight excluding hydrogens is 190 g/mol. The van der Waals surface area contributed by atoms with Gasteiger partial charge in [-0.15, -0.1) is 0 Å². The van der Waals surface area contributed by atoms with Gasteiger partial charge in [0, 0.05) is 13.1 Å². The molecule has 3 heteroatoms. The molecule has 0 radical (unpaired) electrons. The van der Waals surface area contributed by atoms with E-state index in [0.717, 1.165) is 25.9 Å². The van der Waals surface area contributed by atoms with E-state index in [0.29, 0.717) is 0 Å². The van der Waals surface area contributed by atoms with Crippen LogP contribution in [0.4, 0.5) is 0 Å². The summed E-state index contributed by atoms with van der Waals surface area (Å²) in [5, 5.41) is 0. The van der Waals surface area contributed by atoms with Gasteiger partial charge < -0.3 is 9.64 Å². The summed E-state index contributed by atoms with van der Waals surface area (Å²) < 4.78 is 5.34. The van der Waals surface area contributed by atoms with E-state index < -0.39 is 0 Å². The Kier molecular flexibility index (Phi) is 5.69. The van der Waals surface area contributed by atoms with Crippen molar-refractivity contribution in [1.82, 2.24) is 4.90 Å². The molecule has 0 N–H and O–H groups in total. The van der Waals surface area contributed by atoms with Crippen LogP contribution in [0.3, 0.4) is 0 Å². The average molecular weight is 213 g/mol. The summed E-state index contributed by atoms with van der Waals surface area (Å²) in [5.74, 6) is 0.158. The largest absolute Gasteiger partial charge is 0.369 e. The van der Waals surface area contributed by atoms with Crippen LogP contribution in [-0.2, 0) is 9.53 Å². The number of nitrogens with zero attached hydrogens (tertiary/aromatic N) is 1. The number of carbonyl (C=O) groups excluding carboxylic acids is 1. The molecule has 0 aromatic heterocycles. The van der Waals surface area contributed by atoms with Crippen LogP contribution in [0.15, 0.2) is 0 Å². The molecule has 1 fully saturated rings. The number of rotatable bonds is 3. The molecule has 3 nitrogen and oxygen atoms in total. The Balaban J connectivity index is 2.28. The van der Waals surface area contributed by atoms with Gasteiger partial charge in [0.05, 0.1) is 6.10 Å². The second kappa shape index (κ2) is 6.83. The third-order valence-corrected chi connectivity index (χ3v) is 2.75. The van der Waals surface area contributed by atoms with E-state index in [1.807, 2.05) is 18.7 Å². The van der Waals surface area contributed by atoms with Crippen molar-refractivity contribution in [2.75, 3.05) is 19.7 Å². The van der Waals surface area contributed by atoms with Crippen LogP contribution in [0.5, 0.6) is 0 Å². The molecule has 1 aliphatic rings. The van der Waals surface area contributed by atoms with Crippen LogP contribution in [0.2, 0.25) is 0 Å². The summed E-state index contributed by atoms with van der Waals surface area (Å²) in [6, 6.07) is 0. The van der Waals surface area contributed by atoms with E-state index in [4.69, 9.17) is 4.74 Å². The van der Waals surface area contributed by atoms with Crippen molar-refractivity contribution >= 4 is 5.91 Å². The van der Waals surface area contributed by atoms with Crippen molar-refractivity contribution in [3.05, 3.63) is 0 Å². The van der Waals surface area contributed by atoms with Crippen LogP contribution in [0, 0.1) is 0 Å². The van der Waals surface area contributed by atoms with Gasteiger partial charge in [-0.2, -0.15) is 0 Å². The molecule has 1 heterocycles. The normalized spacial score (nSPS) is 18.7. The minimum atomic E-state index is 0.142. The summed E-state index contributed by atoms with van der Waals surface area (Å²) in [4.78, 5) is 13.7. The molecular formula is C12H23NO2. The van der Waals surface area contributed by atoms with Gasteiger partial charge in [0.15, 0.2) is 0 Å². The fourth-order valence-corrected chi connectivity index (χ4v) is 1.83. The van der Waals surface area contributed by atoms with Gasteiger partial charge >= 0.3 is 0 Å². The van der Waals surface area contributed by atoms with E-state index >= 15 is 0 Å². The molecule has 0 aliphatic carbocycles. The maximum atomic E-state index is 11.8. The maximum Gasteiger partial charge on any atom is 0.248 e. The molecule has 0 unspecified atom stereocenters. The van der Waals surface area contributed by atoms with Gasteiger partial charge in [-0.1, -0.05) is 19.3 Å². The van der Waals surface area contributed by atoms with Crippen LogP contribution in [-0.4, -0.2) is 36.6 Å². The second-order valence-corrected chi connectivity index (χ2v) is 4.51. The smallest absolute Gasteiger partial charge is 0.248 e. The molecule has 1 aliphatic heterocycles. The lowest BCUT2D eigenvalue weighted by Gasteiger charge is -2.25. The number of likely N-dealkylation sites (tertiary alicyclic amines) is 1. The monoisotopic (exact) mass is 213 g/mol. The first kappa shape index (κ1) is 12.5. The zero-order valence-corrected chi connectivity index (χ0v) is 10.00. The first-order valence-electron chi connectivity index (χ1n) is 6.09. The standard InChI is InChI=1S/C12H23NO2/c1-11(2)15-10-12(14)13-8-6-4-3-5-7-9-13/h11H,3-10H2,1-2H3. The summed E-state index contributed by atoms with van der Waals surface area (Å²) in [7, 11) is 0. The Morgan fingerprint density at radius 2 is 1.67 bits per heavy atom. The van der Waals surface area contributed by atoms with Crippen LogP contribution in [0.1, 0.15) is 46.0 Å². The van der Waals surface area contributed by atoms with Gasteiger partial charge in [0.2, 0.25) is 5.91 Å². The van der Waals surface area contributed by atoms with E-state index in [1.54, 1.807) is 0 Å². The number of carbonyl (C=O) groups is 1. The third-order valence-electron chi connectivity index (χ3n) is 2.75. The Morgan fingerprint density at radius 1 is 1.13 bits per heavy atom. The molecule has 0 spiro atoms. The molecule has 1 saturated heterocycles. The minimum Gasteiger partial charge on any atom is -0.369 e. The molecule has 0 bridgehead atoms. The van der Waals surface area contributed by atoms with Crippen LogP contribution in [0.25, 0.3) is 0 Å². The maximum absolute atomic E-state index is 11.8. The average Bonchev–Trinajstić information content (AvgIpc) is 2.13. The number of ether oxygens (including phenoxy) is 1. The molecule has 0 atom stereocenters. The Bertz CT molecular complexity index is 184. The van der Waals surface area contributed by atoms with E-state index in [1.165, 1.54) is 19.3 Å². The van der Waals surface area contributed by atoms with Crippen LogP contribution >= 0.6 is 0 Å². The quantitative estimate of drug-likeness (QED) is 0.719.